The van der Waals surface area contributed by atoms with Gasteiger partial charge in [-0.1, -0.05) is 34.9 Å². The van der Waals surface area contributed by atoms with Crippen LogP contribution in [0.5, 0.6) is 0 Å². The van der Waals surface area contributed by atoms with Gasteiger partial charge in [-0.25, -0.2) is 4.98 Å². The molecular weight excluding hydrogens is 422 g/mol. The monoisotopic (exact) mass is 435 g/mol. The number of amides is 1. The normalized spacial score (nSPS) is 9.96. The van der Waals surface area contributed by atoms with Crippen molar-refractivity contribution in [3.05, 3.63) is 17.2 Å². The van der Waals surface area contributed by atoms with Crippen molar-refractivity contribution in [3.63, 3.8) is 0 Å². The second-order valence-electron chi connectivity index (χ2n) is 4.80. The highest BCUT2D eigenvalue weighted by Crippen LogP contribution is 2.27. The molecule has 10 nitrogen and oxygen atoms in total. The van der Waals surface area contributed by atoms with E-state index in [9.17, 15) is 9.59 Å². The van der Waals surface area contributed by atoms with E-state index < -0.39 is 0 Å². The topological polar surface area (TPSA) is 168 Å². The second-order valence-corrected chi connectivity index (χ2v) is 7.97. The molecule has 0 atom stereocenters. The van der Waals surface area contributed by atoms with Crippen LogP contribution in [0.25, 0.3) is 0 Å². The first kappa shape index (κ1) is 21.4. The quantitative estimate of drug-likeness (QED) is 0.351. The van der Waals surface area contributed by atoms with Crippen molar-refractivity contribution in [2.24, 2.45) is 0 Å². The molecule has 144 valence electrons. The fourth-order valence-corrected chi connectivity index (χ4v) is 4.05. The summed E-state index contributed by atoms with van der Waals surface area (Å²) in [5, 5.41) is 28.9. The summed E-state index contributed by atoms with van der Waals surface area (Å²) in [5.74, 6) is -0.673. The summed E-state index contributed by atoms with van der Waals surface area (Å²) in [7, 11) is 0. The van der Waals surface area contributed by atoms with E-state index in [0.717, 1.165) is 34.9 Å². The third-order valence-electron chi connectivity index (χ3n) is 2.87. The largest absolute Gasteiger partial charge is 0.465 e. The Morgan fingerprint density at radius 1 is 1.25 bits per heavy atom. The fourth-order valence-electron chi connectivity index (χ4n) is 1.72. The minimum atomic E-state index is -0.378. The van der Waals surface area contributed by atoms with E-state index in [1.165, 1.54) is 6.07 Å². The molecule has 2 heterocycles. The third-order valence-corrected chi connectivity index (χ3v) is 5.81. The number of nitriles is 2. The lowest BCUT2D eigenvalue weighted by Gasteiger charge is -2.05. The lowest BCUT2D eigenvalue weighted by atomic mass is 10.2. The van der Waals surface area contributed by atoms with E-state index in [1.807, 2.05) is 12.1 Å². The molecule has 13 heteroatoms. The zero-order valence-electron chi connectivity index (χ0n) is 14.5. The molecule has 0 unspecified atom stereocenters. The Balaban J connectivity index is 1.90. The van der Waals surface area contributed by atoms with Crippen LogP contribution in [-0.4, -0.2) is 45.2 Å². The van der Waals surface area contributed by atoms with E-state index in [1.54, 1.807) is 6.92 Å². The predicted molar refractivity (Wildman–Crippen MR) is 105 cm³/mol. The van der Waals surface area contributed by atoms with Crippen molar-refractivity contribution in [1.82, 2.24) is 15.2 Å². The van der Waals surface area contributed by atoms with Gasteiger partial charge in [0.15, 0.2) is 4.34 Å². The number of hydrogen-bond donors (Lipinski definition) is 2. The number of nitrogen functional groups attached to an aromatic ring is 1. The van der Waals surface area contributed by atoms with Crippen LogP contribution >= 0.6 is 34.9 Å². The zero-order valence-corrected chi connectivity index (χ0v) is 16.9. The molecule has 2 aromatic rings. The van der Waals surface area contributed by atoms with Crippen LogP contribution in [0.2, 0.25) is 0 Å². The van der Waals surface area contributed by atoms with Crippen LogP contribution in [0.4, 0.5) is 10.9 Å². The fraction of sp³-hybridized carbons (Fsp3) is 0.267. The number of nitrogens with two attached hydrogens (primary N) is 1. The molecule has 28 heavy (non-hydrogen) atoms. The van der Waals surface area contributed by atoms with Crippen molar-refractivity contribution in [2.75, 3.05) is 29.2 Å². The molecule has 3 N–H and O–H groups in total. The molecule has 0 aliphatic rings. The van der Waals surface area contributed by atoms with Gasteiger partial charge in [0.2, 0.25) is 11.0 Å². The van der Waals surface area contributed by atoms with Gasteiger partial charge in [-0.3, -0.25) is 14.9 Å². The number of ether oxygens (including phenoxy) is 1. The van der Waals surface area contributed by atoms with Crippen molar-refractivity contribution in [2.45, 2.75) is 16.3 Å². The Kier molecular flexibility index (Phi) is 8.01. The van der Waals surface area contributed by atoms with Crippen molar-refractivity contribution in [1.29, 1.82) is 10.5 Å². The molecule has 0 fully saturated rings. The Bertz CT molecular complexity index is 965. The molecule has 0 spiro atoms. The van der Waals surface area contributed by atoms with Gasteiger partial charge in [-0.15, -0.1) is 10.2 Å². The van der Waals surface area contributed by atoms with Gasteiger partial charge < -0.3 is 10.5 Å². The molecule has 0 radical (unpaired) electrons. The number of hydrogen-bond acceptors (Lipinski definition) is 12. The van der Waals surface area contributed by atoms with Gasteiger partial charge in [-0.2, -0.15) is 10.5 Å². The van der Waals surface area contributed by atoms with Crippen LogP contribution < -0.4 is 11.1 Å². The second kappa shape index (κ2) is 10.5. The number of aromatic nitrogens is 3. The summed E-state index contributed by atoms with van der Waals surface area (Å²) in [6, 6.07) is 5.11. The molecule has 1 amide bonds. The first-order chi connectivity index (χ1) is 13.5. The zero-order chi connectivity index (χ0) is 20.5. The number of carbonyl (C=O) groups excluding carboxylic acids is 2. The first-order valence-electron chi connectivity index (χ1n) is 7.62. The number of nitrogens with one attached hydrogen (secondary N) is 1. The maximum atomic E-state index is 12.1. The van der Waals surface area contributed by atoms with Gasteiger partial charge in [0.1, 0.15) is 23.0 Å². The molecule has 0 bridgehead atoms. The molecule has 0 saturated carbocycles. The van der Waals surface area contributed by atoms with E-state index in [4.69, 9.17) is 21.0 Å². The SMILES string of the molecule is CCOC(=O)CSc1nnc(NC(=O)CSc2nc(N)c(C#N)cc2C#N)s1. The average Bonchev–Trinajstić information content (AvgIpc) is 3.12. The summed E-state index contributed by atoms with van der Waals surface area (Å²) in [5.41, 5.74) is 5.92. The van der Waals surface area contributed by atoms with Crippen LogP contribution in [0.1, 0.15) is 18.1 Å². The molecule has 0 aliphatic heterocycles. The Hall–Kier alpha value is -2.87. The lowest BCUT2D eigenvalue weighted by Crippen LogP contribution is -2.14. The number of pyridine rings is 1. The number of thioether (sulfide) groups is 2. The minimum Gasteiger partial charge on any atom is -0.465 e. The number of anilines is 2. The van der Waals surface area contributed by atoms with Gasteiger partial charge in [0, 0.05) is 0 Å². The van der Waals surface area contributed by atoms with Gasteiger partial charge in [0.05, 0.1) is 29.2 Å². The number of nitrogens with zero attached hydrogens (tertiary/aromatic N) is 5. The number of carbonyl (C=O) groups is 2. The summed E-state index contributed by atoms with van der Waals surface area (Å²) >= 11 is 3.30. The smallest absolute Gasteiger partial charge is 0.316 e. The Labute approximate surface area is 172 Å². The Morgan fingerprint density at radius 2 is 2.00 bits per heavy atom. The summed E-state index contributed by atoms with van der Waals surface area (Å²) < 4.78 is 5.34. The van der Waals surface area contributed by atoms with Crippen LogP contribution in [0.3, 0.4) is 0 Å². The van der Waals surface area contributed by atoms with E-state index in [-0.39, 0.29) is 50.5 Å². The number of esters is 1. The summed E-state index contributed by atoms with van der Waals surface area (Å²) in [6.07, 6.45) is 0. The highest BCUT2D eigenvalue weighted by atomic mass is 32.2. The number of rotatable bonds is 8. The van der Waals surface area contributed by atoms with Crippen LogP contribution in [0, 0.1) is 22.7 Å². The molecule has 2 rings (SSSR count). The maximum absolute atomic E-state index is 12.1. The Morgan fingerprint density at radius 3 is 2.68 bits per heavy atom. The van der Waals surface area contributed by atoms with Crippen LogP contribution in [0.15, 0.2) is 15.4 Å². The molecular formula is C15H13N7O3S3. The van der Waals surface area contributed by atoms with Gasteiger partial charge in [-0.05, 0) is 13.0 Å². The summed E-state index contributed by atoms with van der Waals surface area (Å²) in [6.45, 7) is 2.03. The van der Waals surface area contributed by atoms with Gasteiger partial charge >= 0.3 is 5.97 Å². The summed E-state index contributed by atoms with van der Waals surface area (Å²) in [4.78, 5) is 27.4. The van der Waals surface area contributed by atoms with E-state index in [0.29, 0.717) is 10.9 Å². The molecule has 0 aromatic carbocycles. The lowest BCUT2D eigenvalue weighted by molar-refractivity contribution is -0.139. The van der Waals surface area contributed by atoms with Crippen molar-refractivity contribution in [3.8, 4) is 12.1 Å². The minimum absolute atomic E-state index is 0.00296. The molecule has 2 aromatic heterocycles. The molecule has 0 aliphatic carbocycles. The van der Waals surface area contributed by atoms with E-state index in [2.05, 4.69) is 20.5 Å². The van der Waals surface area contributed by atoms with Crippen molar-refractivity contribution >= 4 is 57.7 Å². The third kappa shape index (κ3) is 6.09. The van der Waals surface area contributed by atoms with Gasteiger partial charge in [0.25, 0.3) is 0 Å². The van der Waals surface area contributed by atoms with E-state index >= 15 is 0 Å². The standard InChI is InChI=1S/C15H13N7O3S3/c1-2-25-11(24)7-27-15-22-21-14(28-15)19-10(23)6-26-13-9(5-17)3-8(4-16)12(18)20-13/h3H,2,6-7H2,1H3,(H2,18,20)(H,19,21,23). The highest BCUT2D eigenvalue weighted by Gasteiger charge is 2.14. The van der Waals surface area contributed by atoms with Crippen LogP contribution in [-0.2, 0) is 14.3 Å². The average molecular weight is 436 g/mol. The van der Waals surface area contributed by atoms with Crippen molar-refractivity contribution < 1.29 is 14.3 Å². The molecule has 0 saturated heterocycles. The first-order valence-corrected chi connectivity index (χ1v) is 10.4. The maximum Gasteiger partial charge on any atom is 0.316 e. The predicted octanol–water partition coefficient (Wildman–Crippen LogP) is 1.64. The highest BCUT2D eigenvalue weighted by molar-refractivity contribution is 8.01.